The molecular formula is C16H23NO3. The molecule has 1 aliphatic heterocycles. The second-order valence-electron chi connectivity index (χ2n) is 5.88. The third-order valence-electron chi connectivity index (χ3n) is 3.60. The van der Waals surface area contributed by atoms with Gasteiger partial charge in [-0.2, -0.15) is 0 Å². The Hall–Kier alpha value is -1.39. The summed E-state index contributed by atoms with van der Waals surface area (Å²) in [6.45, 7) is 6.85. The van der Waals surface area contributed by atoms with Crippen molar-refractivity contribution in [3.63, 3.8) is 0 Å². The molecule has 1 unspecified atom stereocenters. The number of morpholine rings is 1. The molecule has 1 atom stereocenters. The molecule has 1 heterocycles. The van der Waals surface area contributed by atoms with Crippen molar-refractivity contribution in [1.29, 1.82) is 0 Å². The van der Waals surface area contributed by atoms with E-state index in [-0.39, 0.29) is 18.6 Å². The van der Waals surface area contributed by atoms with E-state index in [2.05, 4.69) is 0 Å². The van der Waals surface area contributed by atoms with Crippen molar-refractivity contribution in [2.24, 2.45) is 0 Å². The Morgan fingerprint density at radius 3 is 2.80 bits per heavy atom. The molecule has 4 nitrogen and oxygen atoms in total. The number of ether oxygens (including phenoxy) is 1. The van der Waals surface area contributed by atoms with Crippen LogP contribution in [0.3, 0.4) is 0 Å². The summed E-state index contributed by atoms with van der Waals surface area (Å²) in [6, 6.07) is 7.71. The van der Waals surface area contributed by atoms with E-state index >= 15 is 0 Å². The van der Waals surface area contributed by atoms with Crippen molar-refractivity contribution in [3.8, 4) is 0 Å². The van der Waals surface area contributed by atoms with E-state index < -0.39 is 5.60 Å². The molecule has 0 bridgehead atoms. The highest BCUT2D eigenvalue weighted by molar-refractivity contribution is 5.95. The van der Waals surface area contributed by atoms with Gasteiger partial charge in [0, 0.05) is 18.7 Å². The summed E-state index contributed by atoms with van der Waals surface area (Å²) in [5.41, 5.74) is 1.38. The summed E-state index contributed by atoms with van der Waals surface area (Å²) in [7, 11) is 0. The number of nitrogens with zero attached hydrogens (tertiary/aromatic N) is 1. The molecule has 1 aromatic rings. The first-order chi connectivity index (χ1) is 9.46. The fraction of sp³-hybridized carbons (Fsp3) is 0.562. The van der Waals surface area contributed by atoms with Crippen molar-refractivity contribution < 1.29 is 14.6 Å². The number of benzene rings is 1. The predicted octanol–water partition coefficient (Wildman–Crippen LogP) is 1.86. The normalized spacial score (nSPS) is 21.8. The van der Waals surface area contributed by atoms with Crippen LogP contribution in [-0.2, 0) is 11.2 Å². The molecule has 1 fully saturated rings. The molecule has 20 heavy (non-hydrogen) atoms. The molecule has 0 aliphatic carbocycles. The van der Waals surface area contributed by atoms with Crippen LogP contribution in [0.15, 0.2) is 24.3 Å². The number of carbonyl (C=O) groups excluding carboxylic acids is 1. The Morgan fingerprint density at radius 1 is 1.45 bits per heavy atom. The number of amides is 1. The summed E-state index contributed by atoms with van der Waals surface area (Å²) in [5, 5.41) is 9.33. The van der Waals surface area contributed by atoms with Crippen LogP contribution in [0.2, 0.25) is 0 Å². The lowest BCUT2D eigenvalue weighted by molar-refractivity contribution is -0.139. The molecule has 1 aliphatic rings. The fourth-order valence-corrected chi connectivity index (χ4v) is 2.75. The van der Waals surface area contributed by atoms with Gasteiger partial charge in [0.1, 0.15) is 0 Å². The molecule has 1 N–H and O–H groups in total. The quantitative estimate of drug-likeness (QED) is 0.917. The summed E-state index contributed by atoms with van der Waals surface area (Å²) in [5.74, 6) is 0.0253. The van der Waals surface area contributed by atoms with Gasteiger partial charge in [0.05, 0.1) is 18.3 Å². The van der Waals surface area contributed by atoms with E-state index in [1.165, 1.54) is 0 Å². The van der Waals surface area contributed by atoms with Gasteiger partial charge in [0.2, 0.25) is 0 Å². The van der Waals surface area contributed by atoms with Crippen molar-refractivity contribution in [3.05, 3.63) is 35.4 Å². The highest BCUT2D eigenvalue weighted by Gasteiger charge is 2.35. The minimum absolute atomic E-state index is 0.0253. The van der Waals surface area contributed by atoms with Crippen LogP contribution in [-0.4, -0.2) is 47.3 Å². The lowest BCUT2D eigenvalue weighted by Crippen LogP contribution is -2.55. The third kappa shape index (κ3) is 3.19. The summed E-state index contributed by atoms with van der Waals surface area (Å²) >= 11 is 0. The van der Waals surface area contributed by atoms with E-state index in [1.54, 1.807) is 4.90 Å². The first-order valence-corrected chi connectivity index (χ1v) is 7.12. The van der Waals surface area contributed by atoms with Crippen LogP contribution < -0.4 is 0 Å². The Bertz CT molecular complexity index is 484. The SMILES string of the molecule is CCc1ccccc1C(=O)N1CC(CO)OC(C)(C)C1. The number of hydrogen-bond acceptors (Lipinski definition) is 3. The topological polar surface area (TPSA) is 49.8 Å². The molecule has 110 valence electrons. The maximum absolute atomic E-state index is 12.7. The molecule has 0 radical (unpaired) electrons. The first-order valence-electron chi connectivity index (χ1n) is 7.12. The van der Waals surface area contributed by atoms with Gasteiger partial charge in [-0.1, -0.05) is 25.1 Å². The minimum Gasteiger partial charge on any atom is -0.394 e. The summed E-state index contributed by atoms with van der Waals surface area (Å²) in [6.07, 6.45) is 0.524. The molecule has 0 saturated carbocycles. The summed E-state index contributed by atoms with van der Waals surface area (Å²) in [4.78, 5) is 14.5. The van der Waals surface area contributed by atoms with Crippen LogP contribution in [0.4, 0.5) is 0 Å². The number of rotatable bonds is 3. The molecule has 0 spiro atoms. The fourth-order valence-electron chi connectivity index (χ4n) is 2.75. The number of carbonyl (C=O) groups is 1. The van der Waals surface area contributed by atoms with E-state index in [1.807, 2.05) is 45.0 Å². The number of aliphatic hydroxyl groups excluding tert-OH is 1. The molecule has 0 aromatic heterocycles. The average Bonchev–Trinajstić information content (AvgIpc) is 2.44. The molecule has 2 rings (SSSR count). The lowest BCUT2D eigenvalue weighted by Gasteiger charge is -2.42. The zero-order valence-electron chi connectivity index (χ0n) is 12.4. The van der Waals surface area contributed by atoms with Crippen LogP contribution in [0, 0.1) is 0 Å². The van der Waals surface area contributed by atoms with Gasteiger partial charge >= 0.3 is 0 Å². The standard InChI is InChI=1S/C16H23NO3/c1-4-12-7-5-6-8-14(12)15(19)17-9-13(10-18)20-16(2,3)11-17/h5-8,13,18H,4,9-11H2,1-3H3. The molecule has 1 saturated heterocycles. The Morgan fingerprint density at radius 2 is 2.15 bits per heavy atom. The lowest BCUT2D eigenvalue weighted by atomic mass is 10.0. The zero-order valence-corrected chi connectivity index (χ0v) is 12.4. The van der Waals surface area contributed by atoms with Gasteiger partial charge in [0.15, 0.2) is 0 Å². The summed E-state index contributed by atoms with van der Waals surface area (Å²) < 4.78 is 5.75. The second-order valence-corrected chi connectivity index (χ2v) is 5.88. The average molecular weight is 277 g/mol. The Balaban J connectivity index is 2.23. The van der Waals surface area contributed by atoms with Crippen LogP contribution in [0.5, 0.6) is 0 Å². The van der Waals surface area contributed by atoms with E-state index in [0.717, 1.165) is 17.5 Å². The van der Waals surface area contributed by atoms with Gasteiger partial charge in [-0.25, -0.2) is 0 Å². The minimum atomic E-state index is -0.428. The molecule has 1 amide bonds. The maximum atomic E-state index is 12.7. The second kappa shape index (κ2) is 5.94. The van der Waals surface area contributed by atoms with Crippen LogP contribution in [0.1, 0.15) is 36.7 Å². The van der Waals surface area contributed by atoms with E-state index in [9.17, 15) is 9.90 Å². The van der Waals surface area contributed by atoms with Crippen LogP contribution in [0.25, 0.3) is 0 Å². The van der Waals surface area contributed by atoms with Gasteiger partial charge in [-0.3, -0.25) is 4.79 Å². The Kier molecular flexibility index (Phi) is 4.45. The van der Waals surface area contributed by atoms with Gasteiger partial charge < -0.3 is 14.7 Å². The zero-order chi connectivity index (χ0) is 14.8. The molecular weight excluding hydrogens is 254 g/mol. The van der Waals surface area contributed by atoms with E-state index in [4.69, 9.17) is 4.74 Å². The first kappa shape index (κ1) is 15.0. The van der Waals surface area contributed by atoms with E-state index in [0.29, 0.717) is 13.1 Å². The van der Waals surface area contributed by atoms with Gasteiger partial charge in [0.25, 0.3) is 5.91 Å². The van der Waals surface area contributed by atoms with Gasteiger partial charge in [-0.05, 0) is 31.9 Å². The maximum Gasteiger partial charge on any atom is 0.254 e. The molecule has 1 aromatic carbocycles. The number of aryl methyl sites for hydroxylation is 1. The predicted molar refractivity (Wildman–Crippen MR) is 77.8 cm³/mol. The number of hydrogen-bond donors (Lipinski definition) is 1. The smallest absolute Gasteiger partial charge is 0.254 e. The Labute approximate surface area is 120 Å². The highest BCUT2D eigenvalue weighted by Crippen LogP contribution is 2.23. The monoisotopic (exact) mass is 277 g/mol. The largest absolute Gasteiger partial charge is 0.394 e. The van der Waals surface area contributed by atoms with Crippen LogP contribution >= 0.6 is 0 Å². The van der Waals surface area contributed by atoms with Gasteiger partial charge in [-0.15, -0.1) is 0 Å². The van der Waals surface area contributed by atoms with Crippen molar-refractivity contribution in [1.82, 2.24) is 4.90 Å². The highest BCUT2D eigenvalue weighted by atomic mass is 16.5. The van der Waals surface area contributed by atoms with Crippen molar-refractivity contribution in [2.45, 2.75) is 38.9 Å². The van der Waals surface area contributed by atoms with Crippen molar-refractivity contribution in [2.75, 3.05) is 19.7 Å². The number of aliphatic hydroxyl groups is 1. The third-order valence-corrected chi connectivity index (χ3v) is 3.60. The van der Waals surface area contributed by atoms with Crippen molar-refractivity contribution >= 4 is 5.91 Å². The molecule has 4 heteroatoms.